The summed E-state index contributed by atoms with van der Waals surface area (Å²) in [6.07, 6.45) is 13.5. The van der Waals surface area contributed by atoms with E-state index in [9.17, 15) is 24.6 Å². The summed E-state index contributed by atoms with van der Waals surface area (Å²) in [4.78, 5) is 49.8. The number of Topliss-reactive ketones (excluding diaryl/α,β-unsaturated/α-hetero) is 1. The molecular weight excluding hydrogens is 688 g/mol. The van der Waals surface area contributed by atoms with Crippen LogP contribution in [0.25, 0.3) is 10.8 Å². The number of carbonyl (C=O) groups is 3. The fraction of sp³-hybridized carbons (Fsp3) is 0.500. The number of piperidine rings is 1. The van der Waals surface area contributed by atoms with Crippen molar-refractivity contribution in [2.24, 2.45) is 33.7 Å². The molecule has 5 bridgehead atoms. The third kappa shape index (κ3) is 7.15. The first-order chi connectivity index (χ1) is 25.6. The lowest BCUT2D eigenvalue weighted by Gasteiger charge is -2.32. The molecule has 5 aliphatic rings. The van der Waals surface area contributed by atoms with Gasteiger partial charge in [-0.1, -0.05) is 45.1 Å². The van der Waals surface area contributed by atoms with Crippen LogP contribution in [0.1, 0.15) is 89.6 Å². The van der Waals surface area contributed by atoms with E-state index in [1.54, 1.807) is 26.0 Å². The fourth-order valence-electron chi connectivity index (χ4n) is 8.24. The number of benzene rings is 2. The Kier molecular flexibility index (Phi) is 10.8. The molecule has 6 atom stereocenters. The third-order valence-corrected chi connectivity index (χ3v) is 11.2. The molecule has 4 N–H and O–H groups in total. The van der Waals surface area contributed by atoms with Crippen molar-refractivity contribution in [1.82, 2.24) is 5.32 Å². The highest BCUT2D eigenvalue weighted by Crippen LogP contribution is 2.51. The Balaban J connectivity index is 1.53. The van der Waals surface area contributed by atoms with Crippen LogP contribution >= 0.6 is 0 Å². The molecule has 1 saturated heterocycles. The second-order valence-corrected chi connectivity index (χ2v) is 15.6. The number of hydrogen-bond acceptors (Lipinski definition) is 11. The number of phenols is 2. The molecule has 6 unspecified atom stereocenters. The lowest BCUT2D eigenvalue weighted by Crippen LogP contribution is -2.44. The van der Waals surface area contributed by atoms with Gasteiger partial charge in [-0.15, -0.1) is 6.58 Å². The number of nitrogens with one attached hydrogen (secondary N) is 2. The number of allylic oxidation sites excluding steroid dienone is 5. The first-order valence-electron chi connectivity index (χ1n) is 18.9. The van der Waals surface area contributed by atoms with E-state index in [0.29, 0.717) is 43.6 Å². The van der Waals surface area contributed by atoms with Gasteiger partial charge >= 0.3 is 11.8 Å². The van der Waals surface area contributed by atoms with Crippen molar-refractivity contribution in [3.05, 3.63) is 70.6 Å². The number of fused-ring (bicyclic) bond motifs is 13. The summed E-state index contributed by atoms with van der Waals surface area (Å²) in [6, 6.07) is 0. The third-order valence-electron chi connectivity index (χ3n) is 11.2. The Morgan fingerprint density at radius 3 is 2.46 bits per heavy atom. The number of phenolic OH excluding ortho intramolecular Hbond substituents is 2. The molecular formula is C42H52N4O8. The van der Waals surface area contributed by atoms with Crippen LogP contribution in [0.5, 0.6) is 17.2 Å². The van der Waals surface area contributed by atoms with E-state index in [4.69, 9.17) is 19.2 Å². The number of ketones is 1. The van der Waals surface area contributed by atoms with E-state index in [1.807, 2.05) is 25.2 Å². The van der Waals surface area contributed by atoms with E-state index < -0.39 is 28.9 Å². The summed E-state index contributed by atoms with van der Waals surface area (Å²) < 4.78 is 18.2. The van der Waals surface area contributed by atoms with Crippen LogP contribution in [0, 0.1) is 30.6 Å². The summed E-state index contributed by atoms with van der Waals surface area (Å²) in [6.45, 7) is 17.7. The SMILES string of the molecule is C=CC1CC(C)C=C/C=C(/C)C(=O)N=c2c(O)c3c(O)c(C)c4c(c3c3c2=NC2(CCNCC2)N3)C(=O)C(C)(OC=CCC(C)C(OC(C)=O)C(C)C1)O4. The van der Waals surface area contributed by atoms with Crippen LogP contribution in [-0.2, 0) is 19.1 Å². The molecule has 0 saturated carbocycles. The smallest absolute Gasteiger partial charge is 0.312 e. The lowest BCUT2D eigenvalue weighted by atomic mass is 9.82. The minimum atomic E-state index is -1.81. The van der Waals surface area contributed by atoms with Crippen molar-refractivity contribution in [2.45, 2.75) is 98.1 Å². The zero-order chi connectivity index (χ0) is 39.1. The van der Waals surface area contributed by atoms with Gasteiger partial charge in [0.25, 0.3) is 11.7 Å². The summed E-state index contributed by atoms with van der Waals surface area (Å²) in [7, 11) is 0. The molecule has 12 nitrogen and oxygen atoms in total. The minimum Gasteiger partial charge on any atom is -0.507 e. The standard InChI is InChI=1S/C42H52N4O8/c1-9-28-20-22(2)12-10-13-24(4)40(51)44-34-33-32(45-42(46-33)15-17-43-18-16-42)29-30(36(34)49)35(48)26(6)38-31(29)39(50)41(8,54-38)52-19-11-14-23(3)37(25(5)21-28)53-27(7)47/h9-13,19,22-23,25,28,37,43,45,48-49H,1,14-18,20-21H2,2-8H3/b12-10?,19-11?,24-13-,44-34?. The van der Waals surface area contributed by atoms with Crippen molar-refractivity contribution in [3.63, 3.8) is 0 Å². The van der Waals surface area contributed by atoms with Crippen molar-refractivity contribution in [3.8, 4) is 17.2 Å². The van der Waals surface area contributed by atoms with Crippen LogP contribution in [-0.4, -0.2) is 58.5 Å². The normalized spacial score (nSPS) is 29.4. The maximum atomic E-state index is 14.5. The number of aromatic hydroxyl groups is 2. The largest absolute Gasteiger partial charge is 0.507 e. The number of ether oxygens (including phenoxy) is 3. The average Bonchev–Trinajstić information content (AvgIpc) is 3.62. The molecule has 288 valence electrons. The zero-order valence-corrected chi connectivity index (χ0v) is 32.2. The highest BCUT2D eigenvalue weighted by molar-refractivity contribution is 6.21. The van der Waals surface area contributed by atoms with Crippen molar-refractivity contribution >= 4 is 34.1 Å². The maximum absolute atomic E-state index is 14.5. The van der Waals surface area contributed by atoms with Gasteiger partial charge in [0.05, 0.1) is 22.9 Å². The van der Waals surface area contributed by atoms with Gasteiger partial charge < -0.3 is 35.1 Å². The summed E-state index contributed by atoms with van der Waals surface area (Å²) in [5.41, 5.74) is 0.254. The van der Waals surface area contributed by atoms with Gasteiger partial charge in [0, 0.05) is 43.2 Å². The van der Waals surface area contributed by atoms with E-state index in [0.717, 1.165) is 12.8 Å². The van der Waals surface area contributed by atoms with Crippen molar-refractivity contribution in [1.29, 1.82) is 0 Å². The molecule has 0 aliphatic carbocycles. The monoisotopic (exact) mass is 740 g/mol. The van der Waals surface area contributed by atoms with E-state index in [-0.39, 0.29) is 79.9 Å². The maximum Gasteiger partial charge on any atom is 0.312 e. The van der Waals surface area contributed by atoms with Crippen LogP contribution in [0.4, 0.5) is 5.69 Å². The zero-order valence-electron chi connectivity index (χ0n) is 32.2. The van der Waals surface area contributed by atoms with E-state index in [1.165, 1.54) is 20.1 Å². The predicted octanol–water partition coefficient (Wildman–Crippen LogP) is 5.98. The van der Waals surface area contributed by atoms with Gasteiger partial charge in [0.15, 0.2) is 5.75 Å². The topological polar surface area (TPSA) is 168 Å². The molecule has 5 aliphatic heterocycles. The number of hydrogen-bond donors (Lipinski definition) is 4. The first-order valence-corrected chi connectivity index (χ1v) is 18.9. The van der Waals surface area contributed by atoms with Gasteiger partial charge in [-0.2, -0.15) is 0 Å². The molecule has 0 radical (unpaired) electrons. The molecule has 1 spiro atoms. The van der Waals surface area contributed by atoms with Crippen LogP contribution < -0.4 is 26.1 Å². The van der Waals surface area contributed by atoms with Gasteiger partial charge in [0.2, 0.25) is 0 Å². The first kappa shape index (κ1) is 38.7. The van der Waals surface area contributed by atoms with Crippen molar-refractivity contribution < 1.29 is 38.8 Å². The van der Waals surface area contributed by atoms with Crippen LogP contribution in [0.2, 0.25) is 0 Å². The second-order valence-electron chi connectivity index (χ2n) is 15.6. The molecule has 1 amide bonds. The van der Waals surface area contributed by atoms with Crippen LogP contribution in [0.3, 0.4) is 0 Å². The molecule has 12 heteroatoms. The molecule has 7 rings (SSSR count). The second kappa shape index (κ2) is 15.0. The Morgan fingerprint density at radius 1 is 1.06 bits per heavy atom. The molecule has 1 fully saturated rings. The number of nitrogens with zero attached hydrogens (tertiary/aromatic N) is 2. The number of esters is 1. The minimum absolute atomic E-state index is 0.0164. The van der Waals surface area contributed by atoms with Crippen LogP contribution in [0.15, 0.2) is 58.8 Å². The quantitative estimate of drug-likeness (QED) is 0.163. The molecule has 0 aromatic heterocycles. The van der Waals surface area contributed by atoms with Crippen molar-refractivity contribution in [2.75, 3.05) is 18.4 Å². The fourth-order valence-corrected chi connectivity index (χ4v) is 8.24. The Bertz CT molecular complexity index is 2110. The van der Waals surface area contributed by atoms with Gasteiger partial charge in [-0.25, -0.2) is 4.99 Å². The lowest BCUT2D eigenvalue weighted by molar-refractivity contribution is -0.152. The van der Waals surface area contributed by atoms with Gasteiger partial charge in [-0.3, -0.25) is 19.4 Å². The number of amides is 1. The highest BCUT2D eigenvalue weighted by Gasteiger charge is 2.50. The summed E-state index contributed by atoms with van der Waals surface area (Å²) in [5, 5.41) is 30.8. The van der Waals surface area contributed by atoms with E-state index in [2.05, 4.69) is 36.1 Å². The number of anilines is 1. The van der Waals surface area contributed by atoms with Gasteiger partial charge in [0.1, 0.15) is 34.0 Å². The number of carbonyl (C=O) groups excluding carboxylic acids is 3. The molecule has 2 aromatic carbocycles. The Morgan fingerprint density at radius 2 is 1.78 bits per heavy atom. The summed E-state index contributed by atoms with van der Waals surface area (Å²) >= 11 is 0. The Hall–Kier alpha value is -4.97. The number of rotatable bonds is 2. The highest BCUT2D eigenvalue weighted by atomic mass is 16.7. The van der Waals surface area contributed by atoms with E-state index >= 15 is 0 Å². The average molecular weight is 741 g/mol. The predicted molar refractivity (Wildman–Crippen MR) is 205 cm³/mol. The summed E-state index contributed by atoms with van der Waals surface area (Å²) in [5.74, 6) is -3.72. The molecule has 5 heterocycles. The Labute approximate surface area is 315 Å². The van der Waals surface area contributed by atoms with Gasteiger partial charge in [-0.05, 0) is 75.9 Å². The molecule has 2 aromatic rings. The molecule has 54 heavy (non-hydrogen) atoms.